The van der Waals surface area contributed by atoms with E-state index in [2.05, 4.69) is 5.10 Å². The molecule has 0 aromatic carbocycles. The van der Waals surface area contributed by atoms with Gasteiger partial charge in [-0.05, 0) is 6.42 Å². The molecule has 2 rings (SSSR count). The van der Waals surface area contributed by atoms with E-state index < -0.39 is 9.84 Å². The molecule has 0 saturated carbocycles. The number of nitrogens with two attached hydrogens (primary N) is 1. The Kier molecular flexibility index (Phi) is 2.02. The summed E-state index contributed by atoms with van der Waals surface area (Å²) in [6.07, 6.45) is 2.23. The lowest BCUT2D eigenvalue weighted by molar-refractivity contribution is 0.600. The average Bonchev–Trinajstić information content (AvgIpc) is 2.56. The summed E-state index contributed by atoms with van der Waals surface area (Å²) in [5.74, 6) is 0.492. The van der Waals surface area contributed by atoms with E-state index in [9.17, 15) is 8.42 Å². The van der Waals surface area contributed by atoms with E-state index in [1.54, 1.807) is 17.9 Å². The smallest absolute Gasteiger partial charge is 0.151 e. The van der Waals surface area contributed by atoms with Gasteiger partial charge in [0, 0.05) is 13.0 Å². The molecule has 0 radical (unpaired) electrons. The Morgan fingerprint density at radius 3 is 2.79 bits per heavy atom. The van der Waals surface area contributed by atoms with Crippen LogP contribution in [0.5, 0.6) is 0 Å². The summed E-state index contributed by atoms with van der Waals surface area (Å²) in [6, 6.07) is 0. The standard InChI is InChI=1S/C8H13N3O2S/c1-11-8(7(9)4-10-11)6-2-3-14(12,13)5-6/h4,6H,2-3,5,9H2,1H3. The summed E-state index contributed by atoms with van der Waals surface area (Å²) in [6.45, 7) is 0. The number of nitrogens with zero attached hydrogens (tertiary/aromatic N) is 2. The fourth-order valence-corrected chi connectivity index (χ4v) is 3.72. The maximum Gasteiger partial charge on any atom is 0.151 e. The number of aromatic nitrogens is 2. The molecule has 0 aliphatic carbocycles. The molecule has 1 saturated heterocycles. The van der Waals surface area contributed by atoms with Gasteiger partial charge in [-0.1, -0.05) is 0 Å². The summed E-state index contributed by atoms with van der Waals surface area (Å²) in [5, 5.41) is 4.01. The van der Waals surface area contributed by atoms with Gasteiger partial charge in [-0.3, -0.25) is 4.68 Å². The quantitative estimate of drug-likeness (QED) is 0.710. The van der Waals surface area contributed by atoms with E-state index in [4.69, 9.17) is 5.73 Å². The Morgan fingerprint density at radius 2 is 2.36 bits per heavy atom. The SMILES string of the molecule is Cn1ncc(N)c1C1CCS(=O)(=O)C1. The number of hydrogen-bond acceptors (Lipinski definition) is 4. The van der Waals surface area contributed by atoms with Crippen molar-refractivity contribution in [3.63, 3.8) is 0 Å². The Balaban J connectivity index is 2.34. The number of anilines is 1. The maximum atomic E-state index is 11.3. The third-order valence-electron chi connectivity index (χ3n) is 2.63. The molecular weight excluding hydrogens is 202 g/mol. The molecule has 1 aromatic rings. The highest BCUT2D eigenvalue weighted by atomic mass is 32.2. The van der Waals surface area contributed by atoms with Gasteiger partial charge in [0.1, 0.15) is 0 Å². The first-order chi connectivity index (χ1) is 6.49. The second kappa shape index (κ2) is 2.98. The van der Waals surface area contributed by atoms with Gasteiger partial charge in [0.2, 0.25) is 0 Å². The van der Waals surface area contributed by atoms with Gasteiger partial charge in [0.25, 0.3) is 0 Å². The van der Waals surface area contributed by atoms with Crippen LogP contribution >= 0.6 is 0 Å². The summed E-state index contributed by atoms with van der Waals surface area (Å²) in [7, 11) is -1.06. The summed E-state index contributed by atoms with van der Waals surface area (Å²) in [5.41, 5.74) is 7.18. The van der Waals surface area contributed by atoms with E-state index in [-0.39, 0.29) is 17.4 Å². The van der Waals surface area contributed by atoms with E-state index in [0.717, 1.165) is 5.69 Å². The normalized spacial score (nSPS) is 25.4. The third-order valence-corrected chi connectivity index (χ3v) is 4.40. The minimum absolute atomic E-state index is 0.0208. The van der Waals surface area contributed by atoms with Crippen molar-refractivity contribution in [2.24, 2.45) is 7.05 Å². The summed E-state index contributed by atoms with van der Waals surface area (Å²) < 4.78 is 24.2. The maximum absolute atomic E-state index is 11.3. The molecule has 1 atom stereocenters. The monoisotopic (exact) mass is 215 g/mol. The Labute approximate surface area is 82.8 Å². The van der Waals surface area contributed by atoms with Gasteiger partial charge in [-0.15, -0.1) is 0 Å². The average molecular weight is 215 g/mol. The lowest BCUT2D eigenvalue weighted by Gasteiger charge is -2.08. The van der Waals surface area contributed by atoms with E-state index in [1.807, 2.05) is 0 Å². The fourth-order valence-electron chi connectivity index (χ4n) is 1.97. The first-order valence-electron chi connectivity index (χ1n) is 4.47. The molecule has 78 valence electrons. The molecule has 0 bridgehead atoms. The van der Waals surface area contributed by atoms with Crippen molar-refractivity contribution in [1.29, 1.82) is 0 Å². The van der Waals surface area contributed by atoms with Crippen molar-refractivity contribution >= 4 is 15.5 Å². The van der Waals surface area contributed by atoms with Crippen molar-refractivity contribution in [2.75, 3.05) is 17.2 Å². The van der Waals surface area contributed by atoms with Gasteiger partial charge in [-0.2, -0.15) is 5.10 Å². The second-order valence-electron chi connectivity index (χ2n) is 3.71. The van der Waals surface area contributed by atoms with Crippen molar-refractivity contribution in [3.8, 4) is 0 Å². The molecule has 1 aliphatic rings. The molecular formula is C8H13N3O2S. The first kappa shape index (κ1) is 9.51. The zero-order chi connectivity index (χ0) is 10.3. The van der Waals surface area contributed by atoms with Crippen LogP contribution in [0.3, 0.4) is 0 Å². The van der Waals surface area contributed by atoms with Crippen LogP contribution in [-0.4, -0.2) is 29.7 Å². The Bertz CT molecular complexity index is 430. The molecule has 6 heteroatoms. The van der Waals surface area contributed by atoms with E-state index in [0.29, 0.717) is 12.1 Å². The highest BCUT2D eigenvalue weighted by Gasteiger charge is 2.31. The molecule has 1 fully saturated rings. The van der Waals surface area contributed by atoms with Crippen molar-refractivity contribution in [2.45, 2.75) is 12.3 Å². The Morgan fingerprint density at radius 1 is 1.64 bits per heavy atom. The Hall–Kier alpha value is -1.04. The predicted molar refractivity (Wildman–Crippen MR) is 53.6 cm³/mol. The van der Waals surface area contributed by atoms with Crippen LogP contribution in [0.4, 0.5) is 5.69 Å². The third kappa shape index (κ3) is 1.50. The fraction of sp³-hybridized carbons (Fsp3) is 0.625. The van der Waals surface area contributed by atoms with Gasteiger partial charge in [0.15, 0.2) is 9.84 Å². The molecule has 0 amide bonds. The number of sulfone groups is 1. The van der Waals surface area contributed by atoms with Crippen LogP contribution < -0.4 is 5.73 Å². The number of hydrogen-bond donors (Lipinski definition) is 1. The van der Waals surface area contributed by atoms with Crippen molar-refractivity contribution in [1.82, 2.24) is 9.78 Å². The zero-order valence-electron chi connectivity index (χ0n) is 7.97. The minimum atomic E-state index is -2.85. The molecule has 2 N–H and O–H groups in total. The molecule has 0 spiro atoms. The number of aryl methyl sites for hydroxylation is 1. The highest BCUT2D eigenvalue weighted by molar-refractivity contribution is 7.91. The zero-order valence-corrected chi connectivity index (χ0v) is 8.79. The van der Waals surface area contributed by atoms with Gasteiger partial charge >= 0.3 is 0 Å². The molecule has 14 heavy (non-hydrogen) atoms. The number of rotatable bonds is 1. The predicted octanol–water partition coefficient (Wildman–Crippen LogP) is -0.0956. The summed E-state index contributed by atoms with van der Waals surface area (Å²) >= 11 is 0. The summed E-state index contributed by atoms with van der Waals surface area (Å²) in [4.78, 5) is 0. The van der Waals surface area contributed by atoms with Crippen LogP contribution in [0.15, 0.2) is 6.20 Å². The van der Waals surface area contributed by atoms with Crippen molar-refractivity contribution in [3.05, 3.63) is 11.9 Å². The van der Waals surface area contributed by atoms with Gasteiger partial charge < -0.3 is 5.73 Å². The van der Waals surface area contributed by atoms with Crippen LogP contribution in [0.2, 0.25) is 0 Å². The largest absolute Gasteiger partial charge is 0.396 e. The van der Waals surface area contributed by atoms with Crippen LogP contribution in [0.25, 0.3) is 0 Å². The number of nitrogen functional groups attached to an aromatic ring is 1. The van der Waals surface area contributed by atoms with Crippen molar-refractivity contribution < 1.29 is 8.42 Å². The minimum Gasteiger partial charge on any atom is -0.396 e. The van der Waals surface area contributed by atoms with Gasteiger partial charge in [-0.25, -0.2) is 8.42 Å². The molecule has 1 unspecified atom stereocenters. The highest BCUT2D eigenvalue weighted by Crippen LogP contribution is 2.31. The van der Waals surface area contributed by atoms with E-state index >= 15 is 0 Å². The molecule has 1 aliphatic heterocycles. The van der Waals surface area contributed by atoms with Crippen LogP contribution in [0, 0.1) is 0 Å². The molecule has 2 heterocycles. The van der Waals surface area contributed by atoms with Crippen LogP contribution in [-0.2, 0) is 16.9 Å². The second-order valence-corrected chi connectivity index (χ2v) is 5.94. The lowest BCUT2D eigenvalue weighted by Crippen LogP contribution is -2.09. The van der Waals surface area contributed by atoms with Gasteiger partial charge in [0.05, 0.1) is 29.1 Å². The molecule has 1 aromatic heterocycles. The molecule has 5 nitrogen and oxygen atoms in total. The van der Waals surface area contributed by atoms with Crippen LogP contribution in [0.1, 0.15) is 18.0 Å². The lowest BCUT2D eigenvalue weighted by atomic mass is 10.0. The first-order valence-corrected chi connectivity index (χ1v) is 6.29. The topological polar surface area (TPSA) is 78.0 Å². The van der Waals surface area contributed by atoms with E-state index in [1.165, 1.54) is 0 Å².